The predicted molar refractivity (Wildman–Crippen MR) is 108 cm³/mol. The van der Waals surface area contributed by atoms with Crippen molar-refractivity contribution in [3.05, 3.63) is 52.5 Å². The van der Waals surface area contributed by atoms with E-state index < -0.39 is 5.91 Å². The Labute approximate surface area is 165 Å². The molecule has 0 aliphatic carbocycles. The molecule has 6 nitrogen and oxygen atoms in total. The lowest BCUT2D eigenvalue weighted by Gasteiger charge is -2.08. The summed E-state index contributed by atoms with van der Waals surface area (Å²) in [4.78, 5) is 12.3. The summed E-state index contributed by atoms with van der Waals surface area (Å²) < 4.78 is 2.43. The van der Waals surface area contributed by atoms with Gasteiger partial charge in [0.15, 0.2) is 5.69 Å². The molecule has 0 radical (unpaired) electrons. The average molecular weight is 430 g/mol. The zero-order valence-electron chi connectivity index (χ0n) is 15.1. The summed E-state index contributed by atoms with van der Waals surface area (Å²) in [6.45, 7) is 4.87. The quantitative estimate of drug-likeness (QED) is 0.503. The molecule has 3 rings (SSSR count). The van der Waals surface area contributed by atoms with Crippen LogP contribution in [0.5, 0.6) is 11.6 Å². The van der Waals surface area contributed by atoms with Crippen LogP contribution in [0.25, 0.3) is 10.9 Å². The number of azo groups is 1. The Bertz CT molecular complexity index is 1020. The van der Waals surface area contributed by atoms with E-state index in [2.05, 4.69) is 40.0 Å². The van der Waals surface area contributed by atoms with Crippen LogP contribution in [-0.4, -0.2) is 20.7 Å². The number of nitrogens with zero attached hydrogens (tertiary/aromatic N) is 3. The standard InChI is InChI=1S/C20H20BrN3O3/c1-12(2)9-10-24-16-6-4-3-5-14(16)18(20(24)27)22-23-19(26)15-11-13(21)7-8-17(15)25/h3-8,11-12,25,27H,9-10H2,1-2H3. The first kappa shape index (κ1) is 19.1. The molecule has 1 heterocycles. The first-order valence-electron chi connectivity index (χ1n) is 8.63. The van der Waals surface area contributed by atoms with Gasteiger partial charge in [-0.2, -0.15) is 0 Å². The van der Waals surface area contributed by atoms with Crippen molar-refractivity contribution in [2.75, 3.05) is 0 Å². The minimum Gasteiger partial charge on any atom is -0.507 e. The number of benzene rings is 2. The molecule has 0 spiro atoms. The van der Waals surface area contributed by atoms with Gasteiger partial charge in [0.2, 0.25) is 5.88 Å². The summed E-state index contributed by atoms with van der Waals surface area (Å²) in [5.74, 6) is -0.401. The third kappa shape index (κ3) is 4.03. The summed E-state index contributed by atoms with van der Waals surface area (Å²) in [7, 11) is 0. The van der Waals surface area contributed by atoms with Crippen molar-refractivity contribution in [1.82, 2.24) is 4.57 Å². The van der Waals surface area contributed by atoms with Gasteiger partial charge in [-0.15, -0.1) is 10.2 Å². The third-order valence-electron chi connectivity index (χ3n) is 4.28. The normalized spacial score (nSPS) is 11.7. The number of aromatic hydroxyl groups is 2. The Morgan fingerprint density at radius 3 is 2.67 bits per heavy atom. The highest BCUT2D eigenvalue weighted by molar-refractivity contribution is 9.10. The van der Waals surface area contributed by atoms with E-state index >= 15 is 0 Å². The molecule has 0 atom stereocenters. The Hall–Kier alpha value is -2.67. The lowest BCUT2D eigenvalue weighted by atomic mass is 10.1. The highest BCUT2D eigenvalue weighted by Gasteiger charge is 2.17. The smallest absolute Gasteiger partial charge is 0.299 e. The number of para-hydroxylation sites is 1. The van der Waals surface area contributed by atoms with E-state index in [4.69, 9.17) is 0 Å². The topological polar surface area (TPSA) is 87.2 Å². The molecule has 0 saturated heterocycles. The van der Waals surface area contributed by atoms with Gasteiger partial charge in [-0.05, 0) is 36.6 Å². The largest absolute Gasteiger partial charge is 0.507 e. The van der Waals surface area contributed by atoms with Crippen molar-refractivity contribution in [3.63, 3.8) is 0 Å². The summed E-state index contributed by atoms with van der Waals surface area (Å²) in [6.07, 6.45) is 0.896. The number of hydrogen-bond donors (Lipinski definition) is 2. The number of carbonyl (C=O) groups excluding carboxylic acids is 1. The number of phenolic OH excluding ortho intramolecular Hbond substituents is 1. The second-order valence-corrected chi connectivity index (χ2v) is 7.61. The maximum atomic E-state index is 12.3. The van der Waals surface area contributed by atoms with Gasteiger partial charge in [-0.3, -0.25) is 4.79 Å². The van der Waals surface area contributed by atoms with E-state index in [1.165, 1.54) is 12.1 Å². The lowest BCUT2D eigenvalue weighted by molar-refractivity contribution is 0.0992. The molecule has 0 unspecified atom stereocenters. The molecular weight excluding hydrogens is 410 g/mol. The van der Waals surface area contributed by atoms with Crippen molar-refractivity contribution in [1.29, 1.82) is 0 Å². The Morgan fingerprint density at radius 2 is 1.93 bits per heavy atom. The summed E-state index contributed by atoms with van der Waals surface area (Å²) >= 11 is 3.26. The summed E-state index contributed by atoms with van der Waals surface area (Å²) in [5, 5.41) is 28.9. The monoisotopic (exact) mass is 429 g/mol. The molecule has 2 aromatic carbocycles. The van der Waals surface area contributed by atoms with Crippen molar-refractivity contribution < 1.29 is 15.0 Å². The number of halogens is 1. The Kier molecular flexibility index (Phi) is 5.60. The van der Waals surface area contributed by atoms with E-state index in [9.17, 15) is 15.0 Å². The molecule has 1 aromatic heterocycles. The highest BCUT2D eigenvalue weighted by atomic mass is 79.9. The summed E-state index contributed by atoms with van der Waals surface area (Å²) in [5.41, 5.74) is 1.12. The van der Waals surface area contributed by atoms with E-state index in [-0.39, 0.29) is 22.9 Å². The fraction of sp³-hybridized carbons (Fsp3) is 0.250. The van der Waals surface area contributed by atoms with E-state index in [0.717, 1.165) is 11.9 Å². The van der Waals surface area contributed by atoms with Crippen LogP contribution in [0.2, 0.25) is 0 Å². The lowest BCUT2D eigenvalue weighted by Crippen LogP contribution is -2.00. The number of hydrogen-bond acceptors (Lipinski definition) is 4. The van der Waals surface area contributed by atoms with Crippen LogP contribution >= 0.6 is 15.9 Å². The van der Waals surface area contributed by atoms with Crippen LogP contribution in [-0.2, 0) is 6.54 Å². The van der Waals surface area contributed by atoms with E-state index in [1.807, 2.05) is 24.3 Å². The number of rotatable bonds is 5. The van der Waals surface area contributed by atoms with Crippen LogP contribution in [0.15, 0.2) is 57.2 Å². The second-order valence-electron chi connectivity index (χ2n) is 6.69. The molecule has 1 amide bonds. The van der Waals surface area contributed by atoms with Gasteiger partial charge in [-0.1, -0.05) is 48.0 Å². The van der Waals surface area contributed by atoms with Gasteiger partial charge in [0, 0.05) is 16.4 Å². The summed E-state index contributed by atoms with van der Waals surface area (Å²) in [6, 6.07) is 12.0. The second kappa shape index (κ2) is 7.92. The molecular formula is C20H20BrN3O3. The number of carbonyl (C=O) groups is 1. The molecule has 0 aliphatic heterocycles. The van der Waals surface area contributed by atoms with Crippen molar-refractivity contribution in [2.24, 2.45) is 16.1 Å². The number of aryl methyl sites for hydroxylation is 1. The number of phenols is 1. The molecule has 0 bridgehead atoms. The van der Waals surface area contributed by atoms with E-state index in [1.54, 1.807) is 10.6 Å². The van der Waals surface area contributed by atoms with Crippen LogP contribution in [0.4, 0.5) is 5.69 Å². The van der Waals surface area contributed by atoms with Crippen LogP contribution < -0.4 is 0 Å². The molecule has 27 heavy (non-hydrogen) atoms. The van der Waals surface area contributed by atoms with Crippen LogP contribution in [0.1, 0.15) is 30.6 Å². The zero-order chi connectivity index (χ0) is 19.6. The highest BCUT2D eigenvalue weighted by Crippen LogP contribution is 2.39. The Morgan fingerprint density at radius 1 is 1.19 bits per heavy atom. The first-order chi connectivity index (χ1) is 12.9. The van der Waals surface area contributed by atoms with Crippen molar-refractivity contribution in [2.45, 2.75) is 26.8 Å². The molecule has 0 aliphatic rings. The fourth-order valence-electron chi connectivity index (χ4n) is 2.81. The molecule has 140 valence electrons. The zero-order valence-corrected chi connectivity index (χ0v) is 16.6. The molecule has 7 heteroatoms. The minimum absolute atomic E-state index is 0.0214. The van der Waals surface area contributed by atoms with Gasteiger partial charge in [0.1, 0.15) is 5.75 Å². The van der Waals surface area contributed by atoms with Crippen molar-refractivity contribution in [3.8, 4) is 11.6 Å². The third-order valence-corrected chi connectivity index (χ3v) is 4.77. The first-order valence-corrected chi connectivity index (χ1v) is 9.42. The fourth-order valence-corrected chi connectivity index (χ4v) is 3.17. The molecule has 0 fully saturated rings. The van der Waals surface area contributed by atoms with Crippen LogP contribution in [0.3, 0.4) is 0 Å². The maximum absolute atomic E-state index is 12.3. The molecule has 3 aromatic rings. The van der Waals surface area contributed by atoms with Gasteiger partial charge in [0.05, 0.1) is 11.1 Å². The minimum atomic E-state index is -0.688. The van der Waals surface area contributed by atoms with Crippen LogP contribution in [0, 0.1) is 5.92 Å². The average Bonchev–Trinajstić information content (AvgIpc) is 2.91. The molecule has 0 saturated carbocycles. The molecule has 2 N–H and O–H groups in total. The van der Waals surface area contributed by atoms with Gasteiger partial charge >= 0.3 is 0 Å². The predicted octanol–water partition coefficient (Wildman–Crippen LogP) is 5.79. The number of amides is 1. The SMILES string of the molecule is CC(C)CCn1c(O)c(N=NC(=O)c2cc(Br)ccc2O)c2ccccc21. The van der Waals surface area contributed by atoms with Crippen molar-refractivity contribution >= 4 is 38.4 Å². The van der Waals surface area contributed by atoms with Gasteiger partial charge in [0.25, 0.3) is 5.91 Å². The van der Waals surface area contributed by atoms with E-state index in [0.29, 0.717) is 22.3 Å². The Balaban J connectivity index is 1.99. The van der Waals surface area contributed by atoms with Gasteiger partial charge < -0.3 is 14.8 Å². The number of aromatic nitrogens is 1. The maximum Gasteiger partial charge on any atom is 0.299 e. The van der Waals surface area contributed by atoms with Gasteiger partial charge in [-0.25, -0.2) is 0 Å². The number of fused-ring (bicyclic) bond motifs is 1.